The standard InChI is InChI=1S/C12H8Br2ClFN2O2S/c13-6-1-2-9(15)10(3-6)18-21(19,20)11-5-7(17)4-8(14)12(11)16/h1-5,18H,17H2. The van der Waals surface area contributed by atoms with E-state index in [2.05, 4.69) is 36.6 Å². The Bertz CT molecular complexity index is 815. The van der Waals surface area contributed by atoms with Crippen molar-refractivity contribution in [1.82, 2.24) is 0 Å². The first-order valence-corrected chi connectivity index (χ1v) is 8.88. The fourth-order valence-corrected chi connectivity index (χ4v) is 3.95. The second-order valence-electron chi connectivity index (χ2n) is 4.04. The summed E-state index contributed by atoms with van der Waals surface area (Å²) in [4.78, 5) is -0.564. The second kappa shape index (κ2) is 6.12. The minimum atomic E-state index is -4.17. The number of hydrogen-bond donors (Lipinski definition) is 2. The van der Waals surface area contributed by atoms with Crippen LogP contribution >= 0.6 is 43.5 Å². The zero-order valence-electron chi connectivity index (χ0n) is 10.2. The maximum atomic E-state index is 14.0. The molecule has 2 rings (SSSR count). The van der Waals surface area contributed by atoms with Crippen LogP contribution in [0.2, 0.25) is 5.02 Å². The molecule has 0 atom stereocenters. The fourth-order valence-electron chi connectivity index (χ4n) is 1.55. The van der Waals surface area contributed by atoms with Crippen molar-refractivity contribution >= 4 is 64.9 Å². The zero-order valence-corrected chi connectivity index (χ0v) is 14.9. The molecule has 0 aliphatic carbocycles. The van der Waals surface area contributed by atoms with Gasteiger partial charge in [0.05, 0.1) is 15.2 Å². The minimum absolute atomic E-state index is 0.0387. The molecule has 4 nitrogen and oxygen atoms in total. The first kappa shape index (κ1) is 16.5. The average Bonchev–Trinajstić information content (AvgIpc) is 2.37. The smallest absolute Gasteiger partial charge is 0.264 e. The maximum Gasteiger partial charge on any atom is 0.264 e. The number of nitrogens with two attached hydrogens (primary N) is 1. The lowest BCUT2D eigenvalue weighted by Gasteiger charge is -2.12. The molecule has 0 saturated carbocycles. The molecule has 0 unspecified atom stereocenters. The lowest BCUT2D eigenvalue weighted by molar-refractivity contribution is 0.567. The molecule has 0 spiro atoms. The summed E-state index contributed by atoms with van der Waals surface area (Å²) >= 11 is 12.0. The summed E-state index contributed by atoms with van der Waals surface area (Å²) in [6.45, 7) is 0. The van der Waals surface area contributed by atoms with E-state index in [1.54, 1.807) is 6.07 Å². The molecule has 2 aromatic carbocycles. The number of rotatable bonds is 3. The number of sulfonamides is 1. The Kier molecular flexibility index (Phi) is 4.82. The zero-order chi connectivity index (χ0) is 15.8. The molecule has 0 saturated heterocycles. The van der Waals surface area contributed by atoms with Gasteiger partial charge in [-0.3, -0.25) is 4.72 Å². The predicted molar refractivity (Wildman–Crippen MR) is 88.5 cm³/mol. The summed E-state index contributed by atoms with van der Waals surface area (Å²) in [6.07, 6.45) is 0. The van der Waals surface area contributed by atoms with E-state index >= 15 is 0 Å². The number of hydrogen-bond acceptors (Lipinski definition) is 3. The van der Waals surface area contributed by atoms with Crippen LogP contribution in [0.5, 0.6) is 0 Å². The van der Waals surface area contributed by atoms with E-state index in [0.717, 1.165) is 6.07 Å². The van der Waals surface area contributed by atoms with Crippen LogP contribution in [0.25, 0.3) is 0 Å². The van der Waals surface area contributed by atoms with Gasteiger partial charge in [-0.2, -0.15) is 0 Å². The third-order valence-corrected chi connectivity index (χ3v) is 5.24. The molecule has 2 aromatic rings. The van der Waals surface area contributed by atoms with Crippen LogP contribution in [0, 0.1) is 5.82 Å². The first-order chi connectivity index (χ1) is 9.70. The number of nitrogens with one attached hydrogen (secondary N) is 1. The molecule has 9 heteroatoms. The van der Waals surface area contributed by atoms with Crippen LogP contribution in [0.3, 0.4) is 0 Å². The molecule has 0 radical (unpaired) electrons. The van der Waals surface area contributed by atoms with Gasteiger partial charge in [-0.05, 0) is 46.3 Å². The molecule has 0 aromatic heterocycles. The largest absolute Gasteiger partial charge is 0.399 e. The van der Waals surface area contributed by atoms with Crippen molar-refractivity contribution in [2.24, 2.45) is 0 Å². The number of benzene rings is 2. The molecule has 3 N–H and O–H groups in total. The lowest BCUT2D eigenvalue weighted by atomic mass is 10.3. The van der Waals surface area contributed by atoms with E-state index in [1.165, 1.54) is 18.2 Å². The highest BCUT2D eigenvalue weighted by Gasteiger charge is 2.22. The molecule has 0 amide bonds. The summed E-state index contributed by atoms with van der Waals surface area (Å²) in [5.41, 5.74) is 5.79. The third kappa shape index (κ3) is 3.68. The summed E-state index contributed by atoms with van der Waals surface area (Å²) in [6, 6.07) is 6.95. The van der Waals surface area contributed by atoms with Gasteiger partial charge in [-0.1, -0.05) is 27.5 Å². The van der Waals surface area contributed by atoms with Crippen molar-refractivity contribution in [2.75, 3.05) is 10.5 Å². The fraction of sp³-hybridized carbons (Fsp3) is 0. The molecule has 0 bridgehead atoms. The van der Waals surface area contributed by atoms with Crippen molar-refractivity contribution in [3.63, 3.8) is 0 Å². The van der Waals surface area contributed by atoms with Crippen LogP contribution in [0.15, 0.2) is 44.2 Å². The number of anilines is 2. The highest BCUT2D eigenvalue weighted by molar-refractivity contribution is 9.10. The Hall–Kier alpha value is -0.830. The SMILES string of the molecule is Nc1cc(Br)c(F)c(S(=O)(=O)Nc2cc(Br)ccc2Cl)c1. The quantitative estimate of drug-likeness (QED) is 0.671. The summed E-state index contributed by atoms with van der Waals surface area (Å²) in [5, 5.41) is 0.185. The van der Waals surface area contributed by atoms with E-state index in [4.69, 9.17) is 17.3 Å². The van der Waals surface area contributed by atoms with Gasteiger partial charge in [0, 0.05) is 10.2 Å². The maximum absolute atomic E-state index is 14.0. The van der Waals surface area contributed by atoms with E-state index in [0.29, 0.717) is 4.47 Å². The van der Waals surface area contributed by atoms with Gasteiger partial charge in [0.15, 0.2) is 5.82 Å². The van der Waals surface area contributed by atoms with Crippen molar-refractivity contribution < 1.29 is 12.8 Å². The van der Waals surface area contributed by atoms with Crippen LogP contribution in [-0.2, 0) is 10.0 Å². The van der Waals surface area contributed by atoms with Gasteiger partial charge < -0.3 is 5.73 Å². The second-order valence-corrected chi connectivity index (χ2v) is 7.87. The normalized spacial score (nSPS) is 11.4. The first-order valence-electron chi connectivity index (χ1n) is 5.43. The van der Waals surface area contributed by atoms with Gasteiger partial charge >= 0.3 is 0 Å². The highest BCUT2D eigenvalue weighted by atomic mass is 79.9. The molecule has 0 fully saturated rings. The average molecular weight is 459 g/mol. The van der Waals surface area contributed by atoms with Gasteiger partial charge in [0.2, 0.25) is 0 Å². The van der Waals surface area contributed by atoms with E-state index in [1.807, 2.05) is 0 Å². The Morgan fingerprint density at radius 3 is 2.52 bits per heavy atom. The van der Waals surface area contributed by atoms with Crippen molar-refractivity contribution in [3.05, 3.63) is 50.1 Å². The van der Waals surface area contributed by atoms with Gasteiger partial charge in [-0.25, -0.2) is 12.8 Å². The summed E-state index contributed by atoms with van der Waals surface area (Å²) in [7, 11) is -4.17. The van der Waals surface area contributed by atoms with Crippen molar-refractivity contribution in [2.45, 2.75) is 4.90 Å². The third-order valence-electron chi connectivity index (χ3n) is 2.48. The van der Waals surface area contributed by atoms with E-state index in [-0.39, 0.29) is 20.9 Å². The van der Waals surface area contributed by atoms with Gasteiger partial charge in [0.25, 0.3) is 10.0 Å². The molecular formula is C12H8Br2ClFN2O2S. The Labute approximate surface area is 142 Å². The van der Waals surface area contributed by atoms with Gasteiger partial charge in [0.1, 0.15) is 4.90 Å². The summed E-state index contributed by atoms with van der Waals surface area (Å²) in [5.74, 6) is -0.928. The number of halogens is 4. The molecule has 0 aliphatic heterocycles. The molecule has 21 heavy (non-hydrogen) atoms. The summed E-state index contributed by atoms with van der Waals surface area (Å²) < 4.78 is 41.4. The van der Waals surface area contributed by atoms with Crippen molar-refractivity contribution in [3.8, 4) is 0 Å². The lowest BCUT2D eigenvalue weighted by Crippen LogP contribution is -2.15. The Balaban J connectivity index is 2.51. The molecular weight excluding hydrogens is 450 g/mol. The van der Waals surface area contributed by atoms with E-state index < -0.39 is 20.7 Å². The molecule has 0 heterocycles. The van der Waals surface area contributed by atoms with Crippen LogP contribution in [0.4, 0.5) is 15.8 Å². The molecule has 0 aliphatic rings. The van der Waals surface area contributed by atoms with Crippen LogP contribution in [-0.4, -0.2) is 8.42 Å². The van der Waals surface area contributed by atoms with Gasteiger partial charge in [-0.15, -0.1) is 0 Å². The predicted octanol–water partition coefficient (Wildman–Crippen LogP) is 4.39. The molecule has 112 valence electrons. The number of nitrogen functional groups attached to an aromatic ring is 1. The minimum Gasteiger partial charge on any atom is -0.399 e. The Morgan fingerprint density at radius 1 is 1.19 bits per heavy atom. The van der Waals surface area contributed by atoms with E-state index in [9.17, 15) is 12.8 Å². The Morgan fingerprint density at radius 2 is 1.86 bits per heavy atom. The monoisotopic (exact) mass is 456 g/mol. The van der Waals surface area contributed by atoms with Crippen molar-refractivity contribution in [1.29, 1.82) is 0 Å². The highest BCUT2D eigenvalue weighted by Crippen LogP contribution is 2.31. The van der Waals surface area contributed by atoms with Crippen LogP contribution < -0.4 is 10.5 Å². The van der Waals surface area contributed by atoms with Crippen LogP contribution in [0.1, 0.15) is 0 Å². The topological polar surface area (TPSA) is 72.2 Å².